The molecule has 0 unspecified atom stereocenters. The lowest BCUT2D eigenvalue weighted by Crippen LogP contribution is -2.34. The lowest BCUT2D eigenvalue weighted by Gasteiger charge is -2.37. The monoisotopic (exact) mass is 329 g/mol. The van der Waals surface area contributed by atoms with Crippen LogP contribution >= 0.6 is 15.9 Å². The summed E-state index contributed by atoms with van der Waals surface area (Å²) in [5.41, 5.74) is 5.48. The summed E-state index contributed by atoms with van der Waals surface area (Å²) in [5.74, 6) is 0.704. The van der Waals surface area contributed by atoms with Crippen LogP contribution in [0.25, 0.3) is 0 Å². The highest BCUT2D eigenvalue weighted by Crippen LogP contribution is 2.39. The van der Waals surface area contributed by atoms with Crippen LogP contribution in [0.1, 0.15) is 35.4 Å². The van der Waals surface area contributed by atoms with Crippen molar-refractivity contribution in [2.45, 2.75) is 38.6 Å². The number of hydrogen-bond donors (Lipinski definition) is 1. The van der Waals surface area contributed by atoms with Crippen molar-refractivity contribution in [2.75, 3.05) is 5.32 Å². The van der Waals surface area contributed by atoms with Crippen molar-refractivity contribution in [1.82, 2.24) is 0 Å². The van der Waals surface area contributed by atoms with Crippen molar-refractivity contribution in [2.24, 2.45) is 0 Å². The fraction of sp³-hybridized carbons (Fsp3) is 0.333. The van der Waals surface area contributed by atoms with Gasteiger partial charge in [-0.1, -0.05) is 40.2 Å². The fourth-order valence-electron chi connectivity index (χ4n) is 2.90. The molecule has 2 aromatic rings. The molecule has 2 heteroatoms. The molecule has 3 rings (SSSR count). The summed E-state index contributed by atoms with van der Waals surface area (Å²) in [4.78, 5) is 0. The van der Waals surface area contributed by atoms with Crippen LogP contribution in [0.3, 0.4) is 0 Å². The van der Waals surface area contributed by atoms with E-state index in [4.69, 9.17) is 0 Å². The van der Waals surface area contributed by atoms with E-state index in [1.165, 1.54) is 39.7 Å². The van der Waals surface area contributed by atoms with Crippen molar-refractivity contribution in [3.63, 3.8) is 0 Å². The minimum absolute atomic E-state index is 0.611. The summed E-state index contributed by atoms with van der Waals surface area (Å²) in [6.45, 7) is 4.37. The Bertz CT molecular complexity index is 615. The molecule has 0 atom stereocenters. The van der Waals surface area contributed by atoms with Gasteiger partial charge in [0, 0.05) is 16.2 Å². The minimum atomic E-state index is 0.611. The molecule has 1 N–H and O–H groups in total. The number of anilines is 1. The third kappa shape index (κ3) is 2.76. The zero-order valence-electron chi connectivity index (χ0n) is 12.0. The first-order chi connectivity index (χ1) is 9.63. The minimum Gasteiger partial charge on any atom is -0.382 e. The van der Waals surface area contributed by atoms with E-state index in [-0.39, 0.29) is 0 Å². The van der Waals surface area contributed by atoms with Crippen molar-refractivity contribution in [3.8, 4) is 0 Å². The molecule has 0 spiro atoms. The van der Waals surface area contributed by atoms with Crippen molar-refractivity contribution in [1.29, 1.82) is 0 Å². The molecular formula is C18H20BrN. The van der Waals surface area contributed by atoms with E-state index in [2.05, 4.69) is 77.6 Å². The van der Waals surface area contributed by atoms with Crippen LogP contribution in [-0.2, 0) is 0 Å². The highest BCUT2D eigenvalue weighted by atomic mass is 79.9. The summed E-state index contributed by atoms with van der Waals surface area (Å²) in [7, 11) is 0. The summed E-state index contributed by atoms with van der Waals surface area (Å²) in [6.07, 6.45) is 2.45. The van der Waals surface area contributed by atoms with E-state index in [1.807, 2.05) is 0 Å². The van der Waals surface area contributed by atoms with Crippen LogP contribution in [0, 0.1) is 13.8 Å². The van der Waals surface area contributed by atoms with Gasteiger partial charge in [0.05, 0.1) is 0 Å². The SMILES string of the molecule is Cc1cccc(NC2CC(c3cccc(Br)c3)C2)c1C. The van der Waals surface area contributed by atoms with E-state index in [1.54, 1.807) is 0 Å². The number of halogens is 1. The number of aryl methyl sites for hydroxylation is 1. The van der Waals surface area contributed by atoms with Crippen LogP contribution in [-0.4, -0.2) is 6.04 Å². The zero-order chi connectivity index (χ0) is 14.1. The van der Waals surface area contributed by atoms with Crippen molar-refractivity contribution < 1.29 is 0 Å². The van der Waals surface area contributed by atoms with E-state index in [9.17, 15) is 0 Å². The molecule has 0 aliphatic heterocycles. The van der Waals surface area contributed by atoms with Gasteiger partial charge >= 0.3 is 0 Å². The van der Waals surface area contributed by atoms with E-state index in [0.717, 1.165) is 0 Å². The Hall–Kier alpha value is -1.28. The smallest absolute Gasteiger partial charge is 0.0374 e. The molecular weight excluding hydrogens is 310 g/mol. The van der Waals surface area contributed by atoms with Gasteiger partial charge < -0.3 is 5.32 Å². The van der Waals surface area contributed by atoms with Gasteiger partial charge in [-0.2, -0.15) is 0 Å². The van der Waals surface area contributed by atoms with Gasteiger partial charge in [0.1, 0.15) is 0 Å². The quantitative estimate of drug-likeness (QED) is 0.792. The second-order valence-corrected chi connectivity index (χ2v) is 6.73. The molecule has 0 amide bonds. The molecule has 20 heavy (non-hydrogen) atoms. The molecule has 1 fully saturated rings. The van der Waals surface area contributed by atoms with Gasteiger partial charge in [0.2, 0.25) is 0 Å². The number of nitrogens with one attached hydrogen (secondary N) is 1. The predicted molar refractivity (Wildman–Crippen MR) is 89.4 cm³/mol. The highest BCUT2D eigenvalue weighted by molar-refractivity contribution is 9.10. The highest BCUT2D eigenvalue weighted by Gasteiger charge is 2.30. The van der Waals surface area contributed by atoms with Crippen molar-refractivity contribution in [3.05, 3.63) is 63.6 Å². The Labute approximate surface area is 129 Å². The normalized spacial score (nSPS) is 21.4. The average Bonchev–Trinajstić information content (AvgIpc) is 2.38. The lowest BCUT2D eigenvalue weighted by atomic mass is 9.76. The molecule has 1 aliphatic rings. The molecule has 0 radical (unpaired) electrons. The van der Waals surface area contributed by atoms with Gasteiger partial charge in [0.25, 0.3) is 0 Å². The summed E-state index contributed by atoms with van der Waals surface area (Å²) < 4.78 is 1.18. The van der Waals surface area contributed by atoms with Crippen LogP contribution in [0.15, 0.2) is 46.9 Å². The second-order valence-electron chi connectivity index (χ2n) is 5.81. The molecule has 104 valence electrons. The maximum absolute atomic E-state index is 3.69. The van der Waals surface area contributed by atoms with Crippen LogP contribution in [0.4, 0.5) is 5.69 Å². The third-order valence-electron chi connectivity index (χ3n) is 4.42. The first-order valence-corrected chi connectivity index (χ1v) is 8.01. The van der Waals surface area contributed by atoms with Gasteiger partial charge in [-0.3, -0.25) is 0 Å². The van der Waals surface area contributed by atoms with E-state index in [0.29, 0.717) is 12.0 Å². The predicted octanol–water partition coefficient (Wildman–Crippen LogP) is 5.42. The molecule has 1 nitrogen and oxygen atoms in total. The maximum Gasteiger partial charge on any atom is 0.0374 e. The Morgan fingerprint density at radius 1 is 1.05 bits per heavy atom. The first kappa shape index (κ1) is 13.7. The third-order valence-corrected chi connectivity index (χ3v) is 4.92. The first-order valence-electron chi connectivity index (χ1n) is 7.21. The lowest BCUT2D eigenvalue weighted by molar-refractivity contribution is 0.374. The largest absolute Gasteiger partial charge is 0.382 e. The number of benzene rings is 2. The van der Waals surface area contributed by atoms with E-state index >= 15 is 0 Å². The number of hydrogen-bond acceptors (Lipinski definition) is 1. The number of rotatable bonds is 3. The Kier molecular flexibility index (Phi) is 3.84. The Morgan fingerprint density at radius 3 is 2.55 bits per heavy atom. The Balaban J connectivity index is 1.62. The second kappa shape index (κ2) is 5.61. The van der Waals surface area contributed by atoms with Gasteiger partial charge in [-0.15, -0.1) is 0 Å². The van der Waals surface area contributed by atoms with E-state index < -0.39 is 0 Å². The van der Waals surface area contributed by atoms with Crippen molar-refractivity contribution >= 4 is 21.6 Å². The maximum atomic E-state index is 3.69. The van der Waals surface area contributed by atoms with Gasteiger partial charge in [-0.25, -0.2) is 0 Å². The molecule has 0 saturated heterocycles. The Morgan fingerprint density at radius 2 is 1.80 bits per heavy atom. The van der Waals surface area contributed by atoms with Gasteiger partial charge in [0.15, 0.2) is 0 Å². The zero-order valence-corrected chi connectivity index (χ0v) is 13.6. The van der Waals surface area contributed by atoms with Gasteiger partial charge in [-0.05, 0) is 67.5 Å². The molecule has 2 aromatic carbocycles. The fourth-order valence-corrected chi connectivity index (χ4v) is 3.31. The van der Waals surface area contributed by atoms with Crippen LogP contribution in [0.5, 0.6) is 0 Å². The summed E-state index contributed by atoms with van der Waals surface area (Å²) in [6, 6.07) is 15.8. The summed E-state index contributed by atoms with van der Waals surface area (Å²) >= 11 is 3.55. The summed E-state index contributed by atoms with van der Waals surface area (Å²) in [5, 5.41) is 3.69. The molecule has 1 aliphatic carbocycles. The standard InChI is InChI=1S/C18H20BrN/c1-12-5-3-8-18(13(12)2)20-17-10-15(11-17)14-6-4-7-16(19)9-14/h3-9,15,17,20H,10-11H2,1-2H3. The molecule has 0 heterocycles. The van der Waals surface area contributed by atoms with Crippen LogP contribution < -0.4 is 5.32 Å². The molecule has 1 saturated carbocycles. The molecule has 0 bridgehead atoms. The average molecular weight is 330 g/mol. The topological polar surface area (TPSA) is 12.0 Å². The molecule has 0 aromatic heterocycles. The van der Waals surface area contributed by atoms with Crippen LogP contribution in [0.2, 0.25) is 0 Å².